The first kappa shape index (κ1) is 13.0. The van der Waals surface area contributed by atoms with Crippen LogP contribution in [0.3, 0.4) is 0 Å². The van der Waals surface area contributed by atoms with E-state index in [9.17, 15) is 9.59 Å². The van der Waals surface area contributed by atoms with Gasteiger partial charge in [0, 0.05) is 32.5 Å². The highest BCUT2D eigenvalue weighted by Crippen LogP contribution is 2.19. The Morgan fingerprint density at radius 1 is 1.50 bits per heavy atom. The van der Waals surface area contributed by atoms with Crippen LogP contribution in [0.5, 0.6) is 0 Å². The van der Waals surface area contributed by atoms with E-state index in [4.69, 9.17) is 5.11 Å². The minimum atomic E-state index is -0.769. The summed E-state index contributed by atoms with van der Waals surface area (Å²) < 4.78 is 0. The molecule has 1 unspecified atom stereocenters. The van der Waals surface area contributed by atoms with E-state index >= 15 is 0 Å². The van der Waals surface area contributed by atoms with E-state index in [2.05, 4.69) is 5.32 Å². The van der Waals surface area contributed by atoms with Gasteiger partial charge in [-0.3, -0.25) is 9.59 Å². The van der Waals surface area contributed by atoms with Crippen LogP contribution in [-0.2, 0) is 9.59 Å². The fourth-order valence-corrected chi connectivity index (χ4v) is 2.10. The SMILES string of the molecule is CNCCC(=O)N1CCCC(CC(=O)O)C1. The Labute approximate surface area is 95.8 Å². The molecule has 0 aromatic carbocycles. The van der Waals surface area contributed by atoms with E-state index in [0.717, 1.165) is 19.4 Å². The van der Waals surface area contributed by atoms with Gasteiger partial charge in [-0.25, -0.2) is 0 Å². The molecule has 0 aromatic heterocycles. The Kier molecular flexibility index (Phi) is 5.25. The van der Waals surface area contributed by atoms with Gasteiger partial charge in [-0.1, -0.05) is 0 Å². The standard InChI is InChI=1S/C11H20N2O3/c1-12-5-4-10(14)13-6-2-3-9(8-13)7-11(15)16/h9,12H,2-8H2,1H3,(H,15,16). The molecule has 1 aliphatic heterocycles. The van der Waals surface area contributed by atoms with E-state index in [-0.39, 0.29) is 18.2 Å². The van der Waals surface area contributed by atoms with Gasteiger partial charge in [0.1, 0.15) is 0 Å². The second-order valence-electron chi connectivity index (χ2n) is 4.30. The number of likely N-dealkylation sites (tertiary alicyclic amines) is 1. The van der Waals surface area contributed by atoms with Crippen molar-refractivity contribution >= 4 is 11.9 Å². The molecule has 1 rings (SSSR count). The Hall–Kier alpha value is -1.10. The Balaban J connectivity index is 2.37. The van der Waals surface area contributed by atoms with Gasteiger partial charge in [-0.15, -0.1) is 0 Å². The number of carboxylic acids is 1. The van der Waals surface area contributed by atoms with Crippen LogP contribution in [0.4, 0.5) is 0 Å². The van der Waals surface area contributed by atoms with Crippen LogP contribution in [0.15, 0.2) is 0 Å². The summed E-state index contributed by atoms with van der Waals surface area (Å²) in [5, 5.41) is 11.7. The quantitative estimate of drug-likeness (QED) is 0.710. The molecule has 0 bridgehead atoms. The summed E-state index contributed by atoms with van der Waals surface area (Å²) in [7, 11) is 1.82. The van der Waals surface area contributed by atoms with Crippen LogP contribution in [0, 0.1) is 5.92 Å². The molecular weight excluding hydrogens is 208 g/mol. The summed E-state index contributed by atoms with van der Waals surface area (Å²) in [4.78, 5) is 24.1. The Morgan fingerprint density at radius 3 is 2.88 bits per heavy atom. The van der Waals surface area contributed by atoms with E-state index in [0.29, 0.717) is 19.5 Å². The normalized spacial score (nSPS) is 20.8. The predicted octanol–water partition coefficient (Wildman–Crippen LogP) is 0.309. The van der Waals surface area contributed by atoms with Gasteiger partial charge in [0.2, 0.25) is 5.91 Å². The average Bonchev–Trinajstić information content (AvgIpc) is 2.25. The van der Waals surface area contributed by atoms with E-state index in [1.54, 1.807) is 4.90 Å². The van der Waals surface area contributed by atoms with Crippen LogP contribution in [0.1, 0.15) is 25.7 Å². The summed E-state index contributed by atoms with van der Waals surface area (Å²) >= 11 is 0. The number of carbonyl (C=O) groups is 2. The molecule has 16 heavy (non-hydrogen) atoms. The van der Waals surface area contributed by atoms with Crippen molar-refractivity contribution in [2.24, 2.45) is 5.92 Å². The number of carbonyl (C=O) groups excluding carboxylic acids is 1. The van der Waals surface area contributed by atoms with E-state index in [1.165, 1.54) is 0 Å². The Bertz CT molecular complexity index is 256. The Morgan fingerprint density at radius 2 is 2.25 bits per heavy atom. The number of hydrogen-bond donors (Lipinski definition) is 2. The molecule has 0 saturated carbocycles. The molecule has 0 radical (unpaired) electrons. The third-order valence-electron chi connectivity index (χ3n) is 2.92. The number of piperidine rings is 1. The summed E-state index contributed by atoms with van der Waals surface area (Å²) in [6, 6.07) is 0. The van der Waals surface area contributed by atoms with Gasteiger partial charge < -0.3 is 15.3 Å². The lowest BCUT2D eigenvalue weighted by Gasteiger charge is -2.32. The molecule has 1 amide bonds. The minimum absolute atomic E-state index is 0.129. The van der Waals surface area contributed by atoms with Crippen molar-refractivity contribution in [2.45, 2.75) is 25.7 Å². The molecule has 5 heteroatoms. The molecule has 1 atom stereocenters. The monoisotopic (exact) mass is 228 g/mol. The third kappa shape index (κ3) is 4.18. The van der Waals surface area contributed by atoms with Crippen molar-refractivity contribution in [3.05, 3.63) is 0 Å². The van der Waals surface area contributed by atoms with Crippen molar-refractivity contribution < 1.29 is 14.7 Å². The average molecular weight is 228 g/mol. The van der Waals surface area contributed by atoms with Crippen molar-refractivity contribution in [3.63, 3.8) is 0 Å². The lowest BCUT2D eigenvalue weighted by molar-refractivity contribution is -0.140. The van der Waals surface area contributed by atoms with Gasteiger partial charge in [0.15, 0.2) is 0 Å². The number of carboxylic acid groups (broad SMARTS) is 1. The van der Waals surface area contributed by atoms with Gasteiger partial charge in [-0.2, -0.15) is 0 Å². The van der Waals surface area contributed by atoms with Crippen LogP contribution in [0.2, 0.25) is 0 Å². The lowest BCUT2D eigenvalue weighted by atomic mass is 9.94. The van der Waals surface area contributed by atoms with Gasteiger partial charge >= 0.3 is 5.97 Å². The minimum Gasteiger partial charge on any atom is -0.481 e. The summed E-state index contributed by atoms with van der Waals surface area (Å²) in [5.41, 5.74) is 0. The zero-order valence-electron chi connectivity index (χ0n) is 9.74. The van der Waals surface area contributed by atoms with Crippen molar-refractivity contribution in [1.82, 2.24) is 10.2 Å². The van der Waals surface area contributed by atoms with Crippen molar-refractivity contribution in [1.29, 1.82) is 0 Å². The predicted molar refractivity (Wildman–Crippen MR) is 60.1 cm³/mol. The van der Waals surface area contributed by atoms with Crippen molar-refractivity contribution in [2.75, 3.05) is 26.7 Å². The molecule has 2 N–H and O–H groups in total. The van der Waals surface area contributed by atoms with Crippen LogP contribution in [0.25, 0.3) is 0 Å². The molecule has 1 fully saturated rings. The topological polar surface area (TPSA) is 69.6 Å². The third-order valence-corrected chi connectivity index (χ3v) is 2.92. The first-order valence-electron chi connectivity index (χ1n) is 5.77. The maximum atomic E-state index is 11.7. The molecule has 0 spiro atoms. The van der Waals surface area contributed by atoms with Gasteiger partial charge in [0.05, 0.1) is 0 Å². The number of amides is 1. The smallest absolute Gasteiger partial charge is 0.303 e. The van der Waals surface area contributed by atoms with Gasteiger partial charge in [0.25, 0.3) is 0 Å². The maximum absolute atomic E-state index is 11.7. The zero-order chi connectivity index (χ0) is 12.0. The van der Waals surface area contributed by atoms with Crippen LogP contribution >= 0.6 is 0 Å². The number of aliphatic carboxylic acids is 1. The second kappa shape index (κ2) is 6.48. The second-order valence-corrected chi connectivity index (χ2v) is 4.30. The molecule has 92 valence electrons. The van der Waals surface area contributed by atoms with Gasteiger partial charge in [-0.05, 0) is 25.8 Å². The number of rotatable bonds is 5. The highest BCUT2D eigenvalue weighted by molar-refractivity contribution is 5.76. The molecule has 0 aliphatic carbocycles. The molecule has 1 saturated heterocycles. The zero-order valence-corrected chi connectivity index (χ0v) is 9.74. The molecule has 0 aromatic rings. The highest BCUT2D eigenvalue weighted by Gasteiger charge is 2.24. The molecule has 1 heterocycles. The van der Waals surface area contributed by atoms with E-state index in [1.807, 2.05) is 7.05 Å². The van der Waals surface area contributed by atoms with Crippen LogP contribution in [-0.4, -0.2) is 48.6 Å². The summed E-state index contributed by atoms with van der Waals surface area (Å²) in [5.74, 6) is -0.510. The largest absolute Gasteiger partial charge is 0.481 e. The fraction of sp³-hybridized carbons (Fsp3) is 0.818. The van der Waals surface area contributed by atoms with Crippen LogP contribution < -0.4 is 5.32 Å². The fourth-order valence-electron chi connectivity index (χ4n) is 2.10. The lowest BCUT2D eigenvalue weighted by Crippen LogP contribution is -2.41. The summed E-state index contributed by atoms with van der Waals surface area (Å²) in [6.45, 7) is 2.06. The summed E-state index contributed by atoms with van der Waals surface area (Å²) in [6.07, 6.45) is 2.51. The molecular formula is C11H20N2O3. The van der Waals surface area contributed by atoms with E-state index < -0.39 is 5.97 Å². The maximum Gasteiger partial charge on any atom is 0.303 e. The number of nitrogens with one attached hydrogen (secondary N) is 1. The number of hydrogen-bond acceptors (Lipinski definition) is 3. The van der Waals surface area contributed by atoms with Crippen molar-refractivity contribution in [3.8, 4) is 0 Å². The number of nitrogens with zero attached hydrogens (tertiary/aromatic N) is 1. The first-order chi connectivity index (χ1) is 7.63. The highest BCUT2D eigenvalue weighted by atomic mass is 16.4. The molecule has 1 aliphatic rings. The molecule has 5 nitrogen and oxygen atoms in total. The first-order valence-corrected chi connectivity index (χ1v) is 5.77.